The van der Waals surface area contributed by atoms with E-state index in [1.807, 2.05) is 6.92 Å². The van der Waals surface area contributed by atoms with Crippen molar-refractivity contribution >= 4 is 38.8 Å². The number of rotatable bonds is 11. The molecule has 3 heterocycles. The maximum absolute atomic E-state index is 13.3. The van der Waals surface area contributed by atoms with Gasteiger partial charge in [-0.1, -0.05) is 13.3 Å². The molecule has 0 spiro atoms. The Morgan fingerprint density at radius 3 is 2.66 bits per heavy atom. The minimum Gasteiger partial charge on any atom is -0.383 e. The van der Waals surface area contributed by atoms with Crippen LogP contribution < -0.4 is 21.9 Å². The number of unbranched alkanes of at least 4 members (excludes halogenated alkanes) is 1. The van der Waals surface area contributed by atoms with Crippen molar-refractivity contribution in [3.63, 3.8) is 0 Å². The average molecular weight is 530 g/mol. The van der Waals surface area contributed by atoms with Crippen LogP contribution in [0.2, 0.25) is 0 Å². The fourth-order valence-electron chi connectivity index (χ4n) is 3.67. The number of hydrogen-bond acceptors (Lipinski definition) is 9. The van der Waals surface area contributed by atoms with Crippen LogP contribution in [0, 0.1) is 0 Å². The van der Waals surface area contributed by atoms with Crippen molar-refractivity contribution in [3.8, 4) is 0 Å². The van der Waals surface area contributed by atoms with Gasteiger partial charge in [0.15, 0.2) is 5.69 Å². The smallest absolute Gasteiger partial charge is 0.330 e. The number of aromatic nitrogens is 2. The van der Waals surface area contributed by atoms with E-state index in [9.17, 15) is 22.8 Å². The first kappa shape index (κ1) is 27.1. The van der Waals surface area contributed by atoms with Crippen LogP contribution in [0.25, 0.3) is 0 Å². The molecule has 194 valence electrons. The third-order valence-corrected chi connectivity index (χ3v) is 9.02. The van der Waals surface area contributed by atoms with E-state index in [1.165, 1.54) is 26.9 Å². The first-order valence-electron chi connectivity index (χ1n) is 11.3. The molecule has 2 aromatic rings. The van der Waals surface area contributed by atoms with Crippen molar-refractivity contribution in [2.45, 2.75) is 36.9 Å². The lowest BCUT2D eigenvalue weighted by Gasteiger charge is -2.25. The highest BCUT2D eigenvalue weighted by Gasteiger charge is 2.29. The second kappa shape index (κ2) is 11.9. The minimum absolute atomic E-state index is 0.0267. The number of anilines is 2. The fourth-order valence-corrected chi connectivity index (χ4v) is 6.58. The Kier molecular flexibility index (Phi) is 9.24. The zero-order valence-electron chi connectivity index (χ0n) is 19.8. The number of methoxy groups -OCH3 is 1. The number of thiophene rings is 1. The molecule has 0 unspecified atom stereocenters. The van der Waals surface area contributed by atoms with E-state index in [1.54, 1.807) is 6.07 Å². The Bertz CT molecular complexity index is 1250. The van der Waals surface area contributed by atoms with Gasteiger partial charge in [0, 0.05) is 38.2 Å². The van der Waals surface area contributed by atoms with Gasteiger partial charge >= 0.3 is 5.69 Å². The van der Waals surface area contributed by atoms with Crippen molar-refractivity contribution in [2.24, 2.45) is 0 Å². The third-order valence-electron chi connectivity index (χ3n) is 5.57. The molecule has 0 aliphatic carbocycles. The van der Waals surface area contributed by atoms with Crippen molar-refractivity contribution in [2.75, 3.05) is 57.2 Å². The molecule has 3 N–H and O–H groups in total. The van der Waals surface area contributed by atoms with E-state index in [0.29, 0.717) is 31.1 Å². The number of ether oxygens (including phenoxy) is 2. The summed E-state index contributed by atoms with van der Waals surface area (Å²) in [6.07, 6.45) is 1.32. The Labute approximate surface area is 207 Å². The molecule has 1 amide bonds. The van der Waals surface area contributed by atoms with Crippen LogP contribution in [0.4, 0.5) is 11.5 Å². The molecule has 1 aliphatic heterocycles. The fraction of sp³-hybridized carbons (Fsp3) is 0.571. The molecule has 0 bridgehead atoms. The quantitative estimate of drug-likeness (QED) is 0.419. The van der Waals surface area contributed by atoms with Gasteiger partial charge < -0.3 is 20.1 Å². The molecule has 14 heteroatoms. The van der Waals surface area contributed by atoms with Crippen LogP contribution in [0.3, 0.4) is 0 Å². The molecule has 0 aromatic carbocycles. The largest absolute Gasteiger partial charge is 0.383 e. The van der Waals surface area contributed by atoms with Crippen LogP contribution >= 0.6 is 11.3 Å². The maximum Gasteiger partial charge on any atom is 0.330 e. The number of nitrogen functional groups attached to an aromatic ring is 1. The van der Waals surface area contributed by atoms with E-state index in [2.05, 4.69) is 4.98 Å². The van der Waals surface area contributed by atoms with Crippen LogP contribution in [0.15, 0.2) is 25.9 Å². The highest BCUT2D eigenvalue weighted by molar-refractivity contribution is 7.91. The summed E-state index contributed by atoms with van der Waals surface area (Å²) in [5, 5.41) is 0. The summed E-state index contributed by atoms with van der Waals surface area (Å²) in [5.74, 6) is -0.574. The molecule has 35 heavy (non-hydrogen) atoms. The first-order valence-corrected chi connectivity index (χ1v) is 13.5. The van der Waals surface area contributed by atoms with Gasteiger partial charge in [0.05, 0.1) is 26.2 Å². The van der Waals surface area contributed by atoms with E-state index in [0.717, 1.165) is 17.8 Å². The number of carbonyl (C=O) groups is 1. The number of aromatic amines is 1. The molecule has 12 nitrogen and oxygen atoms in total. The summed E-state index contributed by atoms with van der Waals surface area (Å²) in [6, 6.07) is 3.06. The molecular formula is C21H31N5O7S2. The summed E-state index contributed by atoms with van der Waals surface area (Å²) in [7, 11) is -2.22. The first-order chi connectivity index (χ1) is 16.7. The monoisotopic (exact) mass is 529 g/mol. The van der Waals surface area contributed by atoms with Crippen molar-refractivity contribution in [1.29, 1.82) is 0 Å². The molecule has 2 aromatic heterocycles. The van der Waals surface area contributed by atoms with Crippen LogP contribution in [0.1, 0.15) is 24.6 Å². The van der Waals surface area contributed by atoms with E-state index >= 15 is 0 Å². The van der Waals surface area contributed by atoms with Gasteiger partial charge in [-0.3, -0.25) is 19.1 Å². The molecule has 0 radical (unpaired) electrons. The topological polar surface area (TPSA) is 157 Å². The standard InChI is InChI=1S/C21H31N5O7S2/c1-3-4-7-26-19(22)18(20(28)23-21(26)29)25(10-11-32-2)16(27)14-15-5-6-17(34-15)35(30,31)24-8-12-33-13-9-24/h5-6H,3-4,7-14,22H2,1-2H3,(H,23,28,29). The molecule has 1 saturated heterocycles. The average Bonchev–Trinajstić information content (AvgIpc) is 3.30. The third kappa shape index (κ3) is 6.19. The number of morpholine rings is 1. The predicted molar refractivity (Wildman–Crippen MR) is 132 cm³/mol. The molecular weight excluding hydrogens is 498 g/mol. The Balaban J connectivity index is 1.89. The Hall–Kier alpha value is -2.52. The van der Waals surface area contributed by atoms with Crippen LogP contribution in [-0.4, -0.2) is 74.7 Å². The lowest BCUT2D eigenvalue weighted by atomic mass is 10.2. The molecule has 3 rings (SSSR count). The van der Waals surface area contributed by atoms with Gasteiger partial charge in [0.2, 0.25) is 5.91 Å². The van der Waals surface area contributed by atoms with Crippen LogP contribution in [0.5, 0.6) is 0 Å². The number of nitrogens with zero attached hydrogens (tertiary/aromatic N) is 3. The summed E-state index contributed by atoms with van der Waals surface area (Å²) in [4.78, 5) is 42.2. The Morgan fingerprint density at radius 2 is 2.00 bits per heavy atom. The second-order valence-electron chi connectivity index (χ2n) is 7.95. The number of amides is 1. The predicted octanol–water partition coefficient (Wildman–Crippen LogP) is 0.223. The van der Waals surface area contributed by atoms with Gasteiger partial charge in [-0.2, -0.15) is 4.31 Å². The number of hydrogen-bond donors (Lipinski definition) is 2. The summed E-state index contributed by atoms with van der Waals surface area (Å²) >= 11 is 1.00. The van der Waals surface area contributed by atoms with Crippen molar-refractivity contribution in [1.82, 2.24) is 13.9 Å². The van der Waals surface area contributed by atoms with Gasteiger partial charge in [-0.15, -0.1) is 11.3 Å². The lowest BCUT2D eigenvalue weighted by molar-refractivity contribution is -0.118. The molecule has 1 fully saturated rings. The number of H-pyrrole nitrogens is 1. The molecule has 0 atom stereocenters. The van der Waals surface area contributed by atoms with Crippen LogP contribution in [-0.2, 0) is 37.3 Å². The molecule has 1 aliphatic rings. The minimum atomic E-state index is -3.68. The zero-order chi connectivity index (χ0) is 25.6. The number of nitrogens with two attached hydrogens (primary N) is 1. The van der Waals surface area contributed by atoms with E-state index < -0.39 is 27.2 Å². The van der Waals surface area contributed by atoms with Gasteiger partial charge in [-0.25, -0.2) is 13.2 Å². The molecule has 0 saturated carbocycles. The maximum atomic E-state index is 13.3. The van der Waals surface area contributed by atoms with Gasteiger partial charge in [-0.05, 0) is 18.6 Å². The summed E-state index contributed by atoms with van der Waals surface area (Å²) in [5.41, 5.74) is 4.65. The van der Waals surface area contributed by atoms with E-state index in [-0.39, 0.29) is 48.4 Å². The summed E-state index contributed by atoms with van der Waals surface area (Å²) in [6.45, 7) is 3.62. The number of carbonyl (C=O) groups excluding carboxylic acids is 1. The zero-order valence-corrected chi connectivity index (χ0v) is 21.5. The Morgan fingerprint density at radius 1 is 1.29 bits per heavy atom. The SMILES string of the molecule is CCCCn1c(N)c(N(CCOC)C(=O)Cc2ccc(S(=O)(=O)N3CCOCC3)s2)c(=O)[nH]c1=O. The second-order valence-corrected chi connectivity index (χ2v) is 11.3. The van der Waals surface area contributed by atoms with Crippen molar-refractivity contribution in [3.05, 3.63) is 37.8 Å². The van der Waals surface area contributed by atoms with Gasteiger partial charge in [0.1, 0.15) is 10.0 Å². The highest BCUT2D eigenvalue weighted by Crippen LogP contribution is 2.27. The summed E-state index contributed by atoms with van der Waals surface area (Å²) < 4.78 is 38.9. The van der Waals surface area contributed by atoms with Gasteiger partial charge in [0.25, 0.3) is 15.6 Å². The highest BCUT2D eigenvalue weighted by atomic mass is 32.2. The normalized spacial score (nSPS) is 14.8. The van der Waals surface area contributed by atoms with Crippen molar-refractivity contribution < 1.29 is 22.7 Å². The number of nitrogens with one attached hydrogen (secondary N) is 1. The number of sulfonamides is 1. The lowest BCUT2D eigenvalue weighted by Crippen LogP contribution is -2.43. The van der Waals surface area contributed by atoms with E-state index in [4.69, 9.17) is 15.2 Å².